The largest absolute Gasteiger partial charge is 0.497 e. The Labute approximate surface area is 158 Å². The van der Waals surface area contributed by atoms with Crippen LogP contribution in [-0.4, -0.2) is 23.5 Å². The van der Waals surface area contributed by atoms with Crippen molar-refractivity contribution in [2.24, 2.45) is 0 Å². The number of ether oxygens (including phenoxy) is 1. The molecule has 0 saturated carbocycles. The van der Waals surface area contributed by atoms with E-state index < -0.39 is 5.92 Å². The number of methoxy groups -OCH3 is 1. The van der Waals surface area contributed by atoms with Gasteiger partial charge in [0.05, 0.1) is 18.7 Å². The zero-order valence-corrected chi connectivity index (χ0v) is 15.5. The molecule has 2 heterocycles. The number of amides is 2. The van der Waals surface area contributed by atoms with Crippen LogP contribution in [0.5, 0.6) is 5.75 Å². The summed E-state index contributed by atoms with van der Waals surface area (Å²) in [5.74, 6) is -0.180. The second kappa shape index (κ2) is 6.91. The summed E-state index contributed by atoms with van der Waals surface area (Å²) in [6, 6.07) is 15.1. The van der Waals surface area contributed by atoms with Crippen LogP contribution >= 0.6 is 0 Å². The van der Waals surface area contributed by atoms with Gasteiger partial charge in [-0.15, -0.1) is 0 Å². The number of hydrogen-bond acceptors (Lipinski definition) is 3. The molecule has 0 aliphatic carbocycles. The molecule has 4 rings (SSSR count). The lowest BCUT2D eigenvalue weighted by molar-refractivity contribution is -0.121. The quantitative estimate of drug-likeness (QED) is 0.642. The molecule has 0 unspecified atom stereocenters. The Hall–Kier alpha value is -3.08. The summed E-state index contributed by atoms with van der Waals surface area (Å²) in [4.78, 5) is 27.2. The topological polar surface area (TPSA) is 51.5 Å². The summed E-state index contributed by atoms with van der Waals surface area (Å²) >= 11 is 0. The van der Waals surface area contributed by atoms with Gasteiger partial charge in [-0.2, -0.15) is 0 Å². The van der Waals surface area contributed by atoms with Crippen molar-refractivity contribution in [1.29, 1.82) is 0 Å². The smallest absolute Gasteiger partial charge is 0.241 e. The van der Waals surface area contributed by atoms with Gasteiger partial charge in [0.1, 0.15) is 5.75 Å². The maximum absolute atomic E-state index is 13.2. The molecule has 0 spiro atoms. The summed E-state index contributed by atoms with van der Waals surface area (Å²) in [5, 5.41) is 1.05. The number of anilines is 1. The van der Waals surface area contributed by atoms with Crippen molar-refractivity contribution < 1.29 is 14.3 Å². The van der Waals surface area contributed by atoms with Crippen LogP contribution in [0.15, 0.2) is 54.7 Å². The van der Waals surface area contributed by atoms with Crippen LogP contribution in [0.1, 0.15) is 31.2 Å². The molecule has 5 heteroatoms. The summed E-state index contributed by atoms with van der Waals surface area (Å²) in [6.45, 7) is 3.01. The Morgan fingerprint density at radius 2 is 1.93 bits per heavy atom. The van der Waals surface area contributed by atoms with Gasteiger partial charge < -0.3 is 9.30 Å². The maximum atomic E-state index is 13.2. The standard InChI is InChI=1S/C22H22N2O3/c1-3-11-23-14-19(17-9-4-5-10-20(17)23)18-13-21(25)24(22(18)26)15-7-6-8-16(12-15)27-2/h4-10,12,14,18H,3,11,13H2,1-2H3/t18-/m0/s1. The van der Waals surface area contributed by atoms with Gasteiger partial charge in [-0.1, -0.05) is 31.2 Å². The first kappa shape index (κ1) is 17.3. The van der Waals surface area contributed by atoms with Crippen LogP contribution in [0.2, 0.25) is 0 Å². The second-order valence-electron chi connectivity index (χ2n) is 6.82. The van der Waals surface area contributed by atoms with Crippen molar-refractivity contribution in [3.05, 3.63) is 60.3 Å². The van der Waals surface area contributed by atoms with Crippen molar-refractivity contribution >= 4 is 28.4 Å². The van der Waals surface area contributed by atoms with Crippen LogP contribution in [0.3, 0.4) is 0 Å². The number of carbonyl (C=O) groups is 2. The van der Waals surface area contributed by atoms with Gasteiger partial charge in [0, 0.05) is 36.1 Å². The third-order valence-electron chi connectivity index (χ3n) is 5.12. The van der Waals surface area contributed by atoms with E-state index in [4.69, 9.17) is 4.74 Å². The van der Waals surface area contributed by atoms with Crippen LogP contribution in [0.4, 0.5) is 5.69 Å². The molecule has 1 saturated heterocycles. The van der Waals surface area contributed by atoms with Crippen molar-refractivity contribution in [3.8, 4) is 5.75 Å². The van der Waals surface area contributed by atoms with Crippen LogP contribution in [0, 0.1) is 0 Å². The molecule has 1 atom stereocenters. The first-order chi connectivity index (χ1) is 13.1. The molecule has 3 aromatic rings. The molecule has 0 radical (unpaired) electrons. The molecule has 27 heavy (non-hydrogen) atoms. The number of hydrogen-bond donors (Lipinski definition) is 0. The van der Waals surface area contributed by atoms with Crippen molar-refractivity contribution in [1.82, 2.24) is 4.57 Å². The first-order valence-electron chi connectivity index (χ1n) is 9.22. The summed E-state index contributed by atoms with van der Waals surface area (Å²) in [6.07, 6.45) is 3.24. The Bertz CT molecular complexity index is 1020. The van der Waals surface area contributed by atoms with Gasteiger partial charge in [-0.05, 0) is 30.2 Å². The van der Waals surface area contributed by atoms with Gasteiger partial charge >= 0.3 is 0 Å². The number of aryl methyl sites for hydroxylation is 1. The predicted molar refractivity (Wildman–Crippen MR) is 105 cm³/mol. The molecule has 138 valence electrons. The van der Waals surface area contributed by atoms with Gasteiger partial charge in [0.15, 0.2) is 0 Å². The average Bonchev–Trinajstić information content (AvgIpc) is 3.19. The van der Waals surface area contributed by atoms with E-state index in [1.807, 2.05) is 24.4 Å². The molecule has 2 aromatic carbocycles. The number of para-hydroxylation sites is 1. The minimum Gasteiger partial charge on any atom is -0.497 e. The Morgan fingerprint density at radius 1 is 1.11 bits per heavy atom. The minimum absolute atomic E-state index is 0.173. The number of aromatic nitrogens is 1. The van der Waals surface area contributed by atoms with Crippen LogP contribution in [-0.2, 0) is 16.1 Å². The number of imide groups is 1. The molecular weight excluding hydrogens is 340 g/mol. The van der Waals surface area contributed by atoms with Gasteiger partial charge in [0.25, 0.3) is 0 Å². The Kier molecular flexibility index (Phi) is 4.44. The number of rotatable bonds is 5. The monoisotopic (exact) mass is 362 g/mol. The third-order valence-corrected chi connectivity index (χ3v) is 5.12. The number of benzene rings is 2. The van der Waals surface area contributed by atoms with Crippen LogP contribution in [0.25, 0.3) is 10.9 Å². The van der Waals surface area contributed by atoms with Crippen LogP contribution < -0.4 is 9.64 Å². The lowest BCUT2D eigenvalue weighted by Gasteiger charge is -2.15. The molecule has 5 nitrogen and oxygen atoms in total. The van der Waals surface area contributed by atoms with E-state index >= 15 is 0 Å². The fraction of sp³-hybridized carbons (Fsp3) is 0.273. The highest BCUT2D eigenvalue weighted by molar-refractivity contribution is 6.23. The van der Waals surface area contributed by atoms with Crippen molar-refractivity contribution in [3.63, 3.8) is 0 Å². The fourth-order valence-electron chi connectivity index (χ4n) is 3.87. The summed E-state index contributed by atoms with van der Waals surface area (Å²) in [7, 11) is 1.57. The highest BCUT2D eigenvalue weighted by Crippen LogP contribution is 2.38. The number of fused-ring (bicyclic) bond motifs is 1. The van der Waals surface area contributed by atoms with Gasteiger partial charge in [0.2, 0.25) is 11.8 Å². The average molecular weight is 362 g/mol. The van der Waals surface area contributed by atoms with Gasteiger partial charge in [-0.25, -0.2) is 4.90 Å². The zero-order chi connectivity index (χ0) is 19.0. The molecule has 1 aliphatic rings. The SMILES string of the molecule is CCCn1cc([C@@H]2CC(=O)N(c3cccc(OC)c3)C2=O)c2ccccc21. The van der Waals surface area contributed by atoms with Gasteiger partial charge in [-0.3, -0.25) is 9.59 Å². The van der Waals surface area contributed by atoms with E-state index in [1.54, 1.807) is 31.4 Å². The van der Waals surface area contributed by atoms with E-state index in [2.05, 4.69) is 17.6 Å². The lowest BCUT2D eigenvalue weighted by atomic mass is 9.97. The minimum atomic E-state index is -0.452. The van der Waals surface area contributed by atoms with Crippen molar-refractivity contribution in [2.45, 2.75) is 32.2 Å². The number of nitrogens with zero attached hydrogens (tertiary/aromatic N) is 2. The predicted octanol–water partition coefficient (Wildman–Crippen LogP) is 4.11. The molecule has 0 bridgehead atoms. The summed E-state index contributed by atoms with van der Waals surface area (Å²) in [5.41, 5.74) is 2.60. The third kappa shape index (κ3) is 2.89. The van der Waals surface area contributed by atoms with E-state index in [0.29, 0.717) is 11.4 Å². The molecule has 0 N–H and O–H groups in total. The molecule has 2 amide bonds. The van der Waals surface area contributed by atoms with E-state index in [1.165, 1.54) is 4.90 Å². The highest BCUT2D eigenvalue weighted by atomic mass is 16.5. The molecule has 1 fully saturated rings. The second-order valence-corrected chi connectivity index (χ2v) is 6.82. The lowest BCUT2D eigenvalue weighted by Crippen LogP contribution is -2.30. The van der Waals surface area contributed by atoms with E-state index in [0.717, 1.165) is 29.4 Å². The Balaban J connectivity index is 1.75. The van der Waals surface area contributed by atoms with Crippen molar-refractivity contribution in [2.75, 3.05) is 12.0 Å². The number of carbonyl (C=O) groups excluding carboxylic acids is 2. The molecule has 1 aromatic heterocycles. The molecule has 1 aliphatic heterocycles. The molecular formula is C22H22N2O3. The first-order valence-corrected chi connectivity index (χ1v) is 9.22. The Morgan fingerprint density at radius 3 is 2.70 bits per heavy atom. The fourth-order valence-corrected chi connectivity index (χ4v) is 3.87. The maximum Gasteiger partial charge on any atom is 0.241 e. The normalized spacial score (nSPS) is 17.1. The highest BCUT2D eigenvalue weighted by Gasteiger charge is 2.41. The summed E-state index contributed by atoms with van der Waals surface area (Å²) < 4.78 is 7.41. The van der Waals surface area contributed by atoms with E-state index in [9.17, 15) is 9.59 Å². The van der Waals surface area contributed by atoms with E-state index in [-0.39, 0.29) is 18.2 Å². The zero-order valence-electron chi connectivity index (χ0n) is 15.5.